The van der Waals surface area contributed by atoms with Crippen LogP contribution < -0.4 is 5.73 Å². The molecular formula is C15H19FN2O3. The first-order valence-electron chi connectivity index (χ1n) is 6.79. The van der Waals surface area contributed by atoms with Gasteiger partial charge in [0.1, 0.15) is 5.82 Å². The smallest absolute Gasteiger partial charge is 0.248 e. The molecule has 1 fully saturated rings. The van der Waals surface area contributed by atoms with Crippen LogP contribution in [0.2, 0.25) is 0 Å². The summed E-state index contributed by atoms with van der Waals surface area (Å²) in [4.78, 5) is 25.4. The summed E-state index contributed by atoms with van der Waals surface area (Å²) in [6, 6.07) is 6.20. The molecular weight excluding hydrogens is 275 g/mol. The van der Waals surface area contributed by atoms with Crippen LogP contribution in [0, 0.1) is 5.82 Å². The van der Waals surface area contributed by atoms with Gasteiger partial charge in [0.15, 0.2) is 6.10 Å². The van der Waals surface area contributed by atoms with E-state index in [1.807, 2.05) is 0 Å². The number of benzene rings is 1. The predicted molar refractivity (Wildman–Crippen MR) is 74.9 cm³/mol. The standard InChI is InChI=1S/C15H19FN2O3/c1-15(2,10-5-3-4-6-11(10)16)14(20)18-7-8-21-12(9-18)13(17)19/h3-6,12H,7-9H2,1-2H3,(H2,17,19). The van der Waals surface area contributed by atoms with E-state index in [1.54, 1.807) is 32.0 Å². The van der Waals surface area contributed by atoms with E-state index in [0.29, 0.717) is 12.1 Å². The third kappa shape index (κ3) is 3.05. The van der Waals surface area contributed by atoms with Crippen LogP contribution in [-0.4, -0.2) is 42.5 Å². The highest BCUT2D eigenvalue weighted by Crippen LogP contribution is 2.28. The first-order valence-corrected chi connectivity index (χ1v) is 6.79. The number of rotatable bonds is 3. The molecule has 5 nitrogen and oxygen atoms in total. The Morgan fingerprint density at radius 2 is 2.05 bits per heavy atom. The molecule has 0 aromatic heterocycles. The van der Waals surface area contributed by atoms with Crippen molar-refractivity contribution in [2.45, 2.75) is 25.4 Å². The molecule has 6 heteroatoms. The quantitative estimate of drug-likeness (QED) is 0.897. The van der Waals surface area contributed by atoms with Crippen molar-refractivity contribution < 1.29 is 18.7 Å². The highest BCUT2D eigenvalue weighted by atomic mass is 19.1. The van der Waals surface area contributed by atoms with Gasteiger partial charge in [-0.1, -0.05) is 18.2 Å². The first-order chi connectivity index (χ1) is 9.84. The number of morpholine rings is 1. The number of nitrogens with two attached hydrogens (primary N) is 1. The molecule has 0 bridgehead atoms. The molecule has 21 heavy (non-hydrogen) atoms. The minimum Gasteiger partial charge on any atom is -0.367 e. The van der Waals surface area contributed by atoms with Crippen molar-refractivity contribution in [2.24, 2.45) is 5.73 Å². The Labute approximate surface area is 122 Å². The number of ether oxygens (including phenoxy) is 1. The second-order valence-corrected chi connectivity index (χ2v) is 5.62. The zero-order valence-electron chi connectivity index (χ0n) is 12.1. The van der Waals surface area contributed by atoms with Crippen LogP contribution in [0.4, 0.5) is 4.39 Å². The van der Waals surface area contributed by atoms with E-state index in [9.17, 15) is 14.0 Å². The van der Waals surface area contributed by atoms with Crippen molar-refractivity contribution in [3.05, 3.63) is 35.6 Å². The lowest BCUT2D eigenvalue weighted by Gasteiger charge is -2.37. The largest absolute Gasteiger partial charge is 0.367 e. The number of hydrogen-bond acceptors (Lipinski definition) is 3. The molecule has 2 amide bonds. The predicted octanol–water partition coefficient (Wildman–Crippen LogP) is 0.816. The van der Waals surface area contributed by atoms with Gasteiger partial charge in [0.05, 0.1) is 18.6 Å². The third-order valence-electron chi connectivity index (χ3n) is 3.75. The Morgan fingerprint density at radius 1 is 1.38 bits per heavy atom. The molecule has 1 heterocycles. The molecule has 2 N–H and O–H groups in total. The Bertz CT molecular complexity index is 560. The SMILES string of the molecule is CC(C)(C(=O)N1CCOC(C(N)=O)C1)c1ccccc1F. The minimum absolute atomic E-state index is 0.103. The van der Waals surface area contributed by atoms with E-state index in [0.717, 1.165) is 0 Å². The van der Waals surface area contributed by atoms with Crippen molar-refractivity contribution >= 4 is 11.8 Å². The fraction of sp³-hybridized carbons (Fsp3) is 0.467. The van der Waals surface area contributed by atoms with Crippen LogP contribution in [0.15, 0.2) is 24.3 Å². The summed E-state index contributed by atoms with van der Waals surface area (Å²) in [7, 11) is 0. The van der Waals surface area contributed by atoms with Gasteiger partial charge in [-0.25, -0.2) is 4.39 Å². The molecule has 0 radical (unpaired) electrons. The molecule has 1 aliphatic rings. The molecule has 1 aromatic rings. The highest BCUT2D eigenvalue weighted by Gasteiger charge is 2.38. The number of hydrogen-bond donors (Lipinski definition) is 1. The molecule has 0 spiro atoms. The van der Waals surface area contributed by atoms with Gasteiger partial charge in [-0.05, 0) is 19.9 Å². The number of nitrogens with zero attached hydrogens (tertiary/aromatic N) is 1. The van der Waals surface area contributed by atoms with E-state index in [2.05, 4.69) is 0 Å². The number of carbonyl (C=O) groups is 2. The maximum Gasteiger partial charge on any atom is 0.248 e. The molecule has 2 rings (SSSR count). The number of primary amides is 1. The van der Waals surface area contributed by atoms with Gasteiger partial charge in [0.25, 0.3) is 0 Å². The fourth-order valence-corrected chi connectivity index (χ4v) is 2.48. The molecule has 0 saturated carbocycles. The normalized spacial score (nSPS) is 19.4. The second-order valence-electron chi connectivity index (χ2n) is 5.62. The number of carbonyl (C=O) groups excluding carboxylic acids is 2. The van der Waals surface area contributed by atoms with Gasteiger partial charge >= 0.3 is 0 Å². The average Bonchev–Trinajstić information content (AvgIpc) is 2.46. The average molecular weight is 294 g/mol. The Kier molecular flexibility index (Phi) is 4.27. The van der Waals surface area contributed by atoms with Gasteiger partial charge in [-0.2, -0.15) is 0 Å². The van der Waals surface area contributed by atoms with Gasteiger partial charge < -0.3 is 15.4 Å². The topological polar surface area (TPSA) is 72.6 Å². The summed E-state index contributed by atoms with van der Waals surface area (Å²) < 4.78 is 19.2. The monoisotopic (exact) mass is 294 g/mol. The van der Waals surface area contributed by atoms with Gasteiger partial charge in [0.2, 0.25) is 11.8 Å². The number of amides is 2. The Hall–Kier alpha value is -1.95. The van der Waals surface area contributed by atoms with Crippen LogP contribution >= 0.6 is 0 Å². The minimum atomic E-state index is -1.02. The van der Waals surface area contributed by atoms with Gasteiger partial charge in [-0.3, -0.25) is 9.59 Å². The fourth-order valence-electron chi connectivity index (χ4n) is 2.48. The maximum atomic E-state index is 13.9. The summed E-state index contributed by atoms with van der Waals surface area (Å²) >= 11 is 0. The van der Waals surface area contributed by atoms with Crippen LogP contribution in [-0.2, 0) is 19.7 Å². The Balaban J connectivity index is 2.22. The van der Waals surface area contributed by atoms with Crippen molar-refractivity contribution in [2.75, 3.05) is 19.7 Å². The molecule has 1 aliphatic heterocycles. The molecule has 0 aliphatic carbocycles. The summed E-state index contributed by atoms with van der Waals surface area (Å²) in [6.45, 7) is 4.05. The lowest BCUT2D eigenvalue weighted by atomic mass is 9.82. The van der Waals surface area contributed by atoms with Crippen LogP contribution in [0.25, 0.3) is 0 Å². The van der Waals surface area contributed by atoms with E-state index in [1.165, 1.54) is 11.0 Å². The van der Waals surface area contributed by atoms with E-state index in [4.69, 9.17) is 10.5 Å². The van der Waals surface area contributed by atoms with E-state index >= 15 is 0 Å². The molecule has 1 aromatic carbocycles. The van der Waals surface area contributed by atoms with E-state index in [-0.39, 0.29) is 19.1 Å². The zero-order valence-corrected chi connectivity index (χ0v) is 12.1. The van der Waals surface area contributed by atoms with Crippen molar-refractivity contribution in [3.8, 4) is 0 Å². The van der Waals surface area contributed by atoms with Crippen molar-refractivity contribution in [1.82, 2.24) is 4.90 Å². The number of halogens is 1. The van der Waals surface area contributed by atoms with Gasteiger partial charge in [-0.15, -0.1) is 0 Å². The molecule has 1 saturated heterocycles. The lowest BCUT2D eigenvalue weighted by molar-refractivity contribution is -0.149. The molecule has 1 unspecified atom stereocenters. The van der Waals surface area contributed by atoms with Crippen LogP contribution in [0.5, 0.6) is 0 Å². The summed E-state index contributed by atoms with van der Waals surface area (Å²) in [5.41, 5.74) is 4.52. The summed E-state index contributed by atoms with van der Waals surface area (Å²) in [5.74, 6) is -1.27. The third-order valence-corrected chi connectivity index (χ3v) is 3.75. The first kappa shape index (κ1) is 15.4. The van der Waals surface area contributed by atoms with E-state index < -0.39 is 23.2 Å². The molecule has 1 atom stereocenters. The van der Waals surface area contributed by atoms with Crippen molar-refractivity contribution in [3.63, 3.8) is 0 Å². The Morgan fingerprint density at radius 3 is 2.67 bits per heavy atom. The maximum absolute atomic E-state index is 13.9. The highest BCUT2D eigenvalue weighted by molar-refractivity contribution is 5.88. The van der Waals surface area contributed by atoms with Crippen LogP contribution in [0.3, 0.4) is 0 Å². The van der Waals surface area contributed by atoms with Crippen LogP contribution in [0.1, 0.15) is 19.4 Å². The summed E-state index contributed by atoms with van der Waals surface area (Å²) in [5, 5.41) is 0. The second kappa shape index (κ2) is 5.81. The van der Waals surface area contributed by atoms with Crippen molar-refractivity contribution in [1.29, 1.82) is 0 Å². The lowest BCUT2D eigenvalue weighted by Crippen LogP contribution is -2.54. The van der Waals surface area contributed by atoms with Gasteiger partial charge in [0, 0.05) is 12.1 Å². The summed E-state index contributed by atoms with van der Waals surface area (Å²) in [6.07, 6.45) is -0.806. The zero-order chi connectivity index (χ0) is 15.6. The molecule has 114 valence electrons.